The number of rotatable bonds is 7. The summed E-state index contributed by atoms with van der Waals surface area (Å²) in [6, 6.07) is 13.5. The van der Waals surface area contributed by atoms with Crippen LogP contribution in [0.4, 0.5) is 22.0 Å². The van der Waals surface area contributed by atoms with Gasteiger partial charge in [-0.3, -0.25) is 10.3 Å². The number of aryl methyl sites for hydroxylation is 1. The topological polar surface area (TPSA) is 123 Å². The molecule has 0 saturated heterocycles. The first-order valence-electron chi connectivity index (χ1n) is 9.02. The van der Waals surface area contributed by atoms with Crippen LogP contribution in [0.15, 0.2) is 60.9 Å². The maximum atomic E-state index is 12.3. The molecule has 0 radical (unpaired) electrons. The molecule has 5 N–H and O–H groups in total. The zero-order chi connectivity index (χ0) is 20.6. The monoisotopic (exact) mass is 390 g/mol. The minimum Gasteiger partial charge on any atom is -0.394 e. The zero-order valence-electron chi connectivity index (χ0n) is 15.9. The minimum absolute atomic E-state index is 0.231. The Hall–Kier alpha value is -3.78. The molecular formula is C21H22N6O2. The number of urea groups is 1. The fourth-order valence-electron chi connectivity index (χ4n) is 2.77. The van der Waals surface area contributed by atoms with Crippen molar-refractivity contribution in [3.8, 4) is 0 Å². The second kappa shape index (κ2) is 9.43. The van der Waals surface area contributed by atoms with E-state index in [4.69, 9.17) is 5.41 Å². The number of aromatic nitrogens is 2. The molecule has 2 amide bonds. The summed E-state index contributed by atoms with van der Waals surface area (Å²) in [6.45, 7) is 1.66. The van der Waals surface area contributed by atoms with Crippen molar-refractivity contribution in [1.29, 1.82) is 5.41 Å². The Balaban J connectivity index is 1.69. The van der Waals surface area contributed by atoms with Gasteiger partial charge in [0.1, 0.15) is 5.82 Å². The molecule has 0 saturated carbocycles. The molecule has 0 bridgehead atoms. The van der Waals surface area contributed by atoms with Crippen LogP contribution >= 0.6 is 0 Å². The van der Waals surface area contributed by atoms with Gasteiger partial charge in [0.05, 0.1) is 24.5 Å². The molecule has 8 nitrogen and oxygen atoms in total. The van der Waals surface area contributed by atoms with E-state index in [1.54, 1.807) is 18.5 Å². The van der Waals surface area contributed by atoms with Gasteiger partial charge in [0, 0.05) is 29.4 Å². The molecule has 0 unspecified atom stereocenters. The predicted octanol–water partition coefficient (Wildman–Crippen LogP) is 3.38. The molecule has 29 heavy (non-hydrogen) atoms. The smallest absolute Gasteiger partial charge is 0.320 e. The molecule has 0 aliphatic heterocycles. The van der Waals surface area contributed by atoms with E-state index in [1.165, 1.54) is 6.21 Å². The van der Waals surface area contributed by atoms with E-state index in [9.17, 15) is 9.90 Å². The van der Waals surface area contributed by atoms with E-state index in [0.29, 0.717) is 17.1 Å². The number of pyridine rings is 2. The number of hydrogen-bond acceptors (Lipinski definition) is 6. The Morgan fingerprint density at radius 3 is 2.69 bits per heavy atom. The van der Waals surface area contributed by atoms with Gasteiger partial charge in [0.2, 0.25) is 0 Å². The number of amides is 2. The molecule has 0 fully saturated rings. The third-order valence-electron chi connectivity index (χ3n) is 4.20. The second-order valence-corrected chi connectivity index (χ2v) is 6.36. The highest BCUT2D eigenvalue weighted by molar-refractivity contribution is 5.92. The number of benzene rings is 1. The van der Waals surface area contributed by atoms with Crippen LogP contribution in [-0.2, 0) is 0 Å². The third-order valence-corrected chi connectivity index (χ3v) is 4.20. The first kappa shape index (κ1) is 20.0. The van der Waals surface area contributed by atoms with E-state index in [1.807, 2.05) is 49.4 Å². The van der Waals surface area contributed by atoms with Gasteiger partial charge in [-0.2, -0.15) is 0 Å². The third kappa shape index (κ3) is 5.36. The molecular weight excluding hydrogens is 368 g/mol. The van der Waals surface area contributed by atoms with Crippen molar-refractivity contribution in [2.24, 2.45) is 0 Å². The van der Waals surface area contributed by atoms with Crippen molar-refractivity contribution in [2.75, 3.05) is 17.2 Å². The van der Waals surface area contributed by atoms with Crippen LogP contribution in [0, 0.1) is 12.3 Å². The molecule has 8 heteroatoms. The van der Waals surface area contributed by atoms with Gasteiger partial charge in [-0.15, -0.1) is 0 Å². The normalized spacial score (nSPS) is 11.4. The minimum atomic E-state index is -0.533. The van der Waals surface area contributed by atoms with E-state index in [-0.39, 0.29) is 6.61 Å². The summed E-state index contributed by atoms with van der Waals surface area (Å²) in [6.07, 6.45) is 4.42. The van der Waals surface area contributed by atoms with Crippen molar-refractivity contribution < 1.29 is 9.90 Å². The van der Waals surface area contributed by atoms with Gasteiger partial charge in [-0.25, -0.2) is 9.78 Å². The van der Waals surface area contributed by atoms with Gasteiger partial charge in [-0.1, -0.05) is 30.3 Å². The van der Waals surface area contributed by atoms with Gasteiger partial charge in [0.25, 0.3) is 0 Å². The molecule has 0 aliphatic rings. The molecule has 148 valence electrons. The SMILES string of the molecule is Cc1cc(Nc2cnc(NC(=O)N[C@H](CO)c3ccccc3)cc2C=N)ccn1. The van der Waals surface area contributed by atoms with Crippen LogP contribution in [0.3, 0.4) is 0 Å². The zero-order valence-corrected chi connectivity index (χ0v) is 15.9. The lowest BCUT2D eigenvalue weighted by atomic mass is 10.1. The van der Waals surface area contributed by atoms with Crippen LogP contribution < -0.4 is 16.0 Å². The number of aliphatic hydroxyl groups excluding tert-OH is 1. The fraction of sp³-hybridized carbons (Fsp3) is 0.143. The Bertz CT molecular complexity index is 993. The number of nitrogens with one attached hydrogen (secondary N) is 4. The van der Waals surface area contributed by atoms with Gasteiger partial charge >= 0.3 is 6.03 Å². The maximum Gasteiger partial charge on any atom is 0.320 e. The highest BCUT2D eigenvalue weighted by Crippen LogP contribution is 2.21. The summed E-state index contributed by atoms with van der Waals surface area (Å²) in [5.74, 6) is 0.294. The first-order chi connectivity index (χ1) is 14.1. The molecule has 2 aromatic heterocycles. The standard InChI is InChI=1S/C21H22N6O2/c1-14-9-17(7-8-23-14)25-18-12-24-20(10-16(18)11-22)27-21(29)26-19(13-28)15-5-3-2-4-6-15/h2-12,19,22,28H,13H2,1H3,(H,23,25)(H2,24,26,27,29)/t19-/m1/s1. The van der Waals surface area contributed by atoms with E-state index in [2.05, 4.69) is 25.9 Å². The first-order valence-corrected chi connectivity index (χ1v) is 9.02. The van der Waals surface area contributed by atoms with Crippen LogP contribution in [-0.4, -0.2) is 33.9 Å². The molecule has 3 rings (SSSR count). The van der Waals surface area contributed by atoms with Crippen molar-refractivity contribution in [2.45, 2.75) is 13.0 Å². The summed E-state index contributed by atoms with van der Waals surface area (Å²) < 4.78 is 0. The van der Waals surface area contributed by atoms with E-state index < -0.39 is 12.1 Å². The van der Waals surface area contributed by atoms with Crippen LogP contribution in [0.2, 0.25) is 0 Å². The predicted molar refractivity (Wildman–Crippen MR) is 113 cm³/mol. The summed E-state index contributed by atoms with van der Waals surface area (Å²) in [5, 5.41) is 25.8. The summed E-state index contributed by atoms with van der Waals surface area (Å²) in [4.78, 5) is 20.7. The lowest BCUT2D eigenvalue weighted by molar-refractivity contribution is 0.225. The molecule has 0 spiro atoms. The van der Waals surface area contributed by atoms with Crippen LogP contribution in [0.1, 0.15) is 22.9 Å². The number of carbonyl (C=O) groups excluding carboxylic acids is 1. The Morgan fingerprint density at radius 1 is 1.21 bits per heavy atom. The lowest BCUT2D eigenvalue weighted by Gasteiger charge is -2.17. The van der Waals surface area contributed by atoms with E-state index >= 15 is 0 Å². The second-order valence-electron chi connectivity index (χ2n) is 6.36. The molecule has 0 aliphatic carbocycles. The highest BCUT2D eigenvalue weighted by atomic mass is 16.3. The maximum absolute atomic E-state index is 12.3. The number of anilines is 3. The van der Waals surface area contributed by atoms with Gasteiger partial charge < -0.3 is 21.1 Å². The van der Waals surface area contributed by atoms with Crippen molar-refractivity contribution in [1.82, 2.24) is 15.3 Å². The van der Waals surface area contributed by atoms with Crippen LogP contribution in [0.25, 0.3) is 0 Å². The largest absolute Gasteiger partial charge is 0.394 e. The van der Waals surface area contributed by atoms with E-state index in [0.717, 1.165) is 16.9 Å². The summed E-state index contributed by atoms with van der Waals surface area (Å²) >= 11 is 0. The van der Waals surface area contributed by atoms with Gasteiger partial charge in [0.15, 0.2) is 0 Å². The Labute approximate surface area is 168 Å². The molecule has 1 atom stereocenters. The van der Waals surface area contributed by atoms with Crippen molar-refractivity contribution >= 4 is 29.4 Å². The van der Waals surface area contributed by atoms with Crippen molar-refractivity contribution in [3.05, 3.63) is 77.7 Å². The quantitative estimate of drug-likeness (QED) is 0.396. The highest BCUT2D eigenvalue weighted by Gasteiger charge is 2.14. The summed E-state index contributed by atoms with van der Waals surface area (Å²) in [5.41, 5.74) is 3.69. The number of hydrogen-bond donors (Lipinski definition) is 5. The molecule has 3 aromatic rings. The fourth-order valence-corrected chi connectivity index (χ4v) is 2.77. The Morgan fingerprint density at radius 2 is 2.00 bits per heavy atom. The van der Waals surface area contributed by atoms with Crippen LogP contribution in [0.5, 0.6) is 0 Å². The van der Waals surface area contributed by atoms with Gasteiger partial charge in [-0.05, 0) is 30.7 Å². The molecule has 1 aromatic carbocycles. The number of nitrogens with zero attached hydrogens (tertiary/aromatic N) is 2. The number of aliphatic hydroxyl groups is 1. The number of carbonyl (C=O) groups is 1. The molecule has 2 heterocycles. The summed E-state index contributed by atoms with van der Waals surface area (Å²) in [7, 11) is 0. The average molecular weight is 390 g/mol. The van der Waals surface area contributed by atoms with Crippen molar-refractivity contribution in [3.63, 3.8) is 0 Å². The average Bonchev–Trinajstić information content (AvgIpc) is 2.73. The lowest BCUT2D eigenvalue weighted by Crippen LogP contribution is -2.34. The Kier molecular flexibility index (Phi) is 6.49.